The molecule has 1 saturated carbocycles. The molecule has 0 atom stereocenters. The lowest BCUT2D eigenvalue weighted by molar-refractivity contribution is -0.134. The third kappa shape index (κ3) is 4.15. The van der Waals surface area contributed by atoms with Gasteiger partial charge in [0, 0.05) is 47.5 Å². The van der Waals surface area contributed by atoms with Crippen LogP contribution in [-0.2, 0) is 11.2 Å². The summed E-state index contributed by atoms with van der Waals surface area (Å²) in [7, 11) is 0. The number of hydrogen-bond donors (Lipinski definition) is 1. The second-order valence-electron chi connectivity index (χ2n) is 8.43. The normalized spacial score (nSPS) is 16.4. The first-order valence-electron chi connectivity index (χ1n) is 10.8. The van der Waals surface area contributed by atoms with E-state index in [1.54, 1.807) is 6.07 Å². The highest BCUT2D eigenvalue weighted by Gasteiger charge is 2.35. The van der Waals surface area contributed by atoms with Crippen LogP contribution in [0.2, 0.25) is 0 Å². The maximum Gasteiger partial charge on any atom is 0.272 e. The summed E-state index contributed by atoms with van der Waals surface area (Å²) in [6, 6.07) is 13.3. The van der Waals surface area contributed by atoms with Gasteiger partial charge in [-0.1, -0.05) is 24.3 Å². The number of H-pyrrole nitrogens is 1. The van der Waals surface area contributed by atoms with E-state index in [1.165, 1.54) is 0 Å². The Morgan fingerprint density at radius 1 is 1.00 bits per heavy atom. The van der Waals surface area contributed by atoms with Crippen molar-refractivity contribution in [3.63, 3.8) is 0 Å². The zero-order valence-corrected chi connectivity index (χ0v) is 19.7. The van der Waals surface area contributed by atoms with Gasteiger partial charge in [-0.3, -0.25) is 14.4 Å². The van der Waals surface area contributed by atoms with Gasteiger partial charge < -0.3 is 9.80 Å². The first kappa shape index (κ1) is 21.1. The van der Waals surface area contributed by atoms with Gasteiger partial charge in [-0.15, -0.1) is 0 Å². The van der Waals surface area contributed by atoms with Gasteiger partial charge in [0.25, 0.3) is 11.5 Å². The number of hydrogen-bond acceptors (Lipinski definition) is 4. The van der Waals surface area contributed by atoms with Gasteiger partial charge in [-0.05, 0) is 59.2 Å². The van der Waals surface area contributed by atoms with E-state index in [4.69, 9.17) is 0 Å². The molecule has 0 bridgehead atoms. The first-order valence-corrected chi connectivity index (χ1v) is 11.9. The Morgan fingerprint density at radius 3 is 2.41 bits per heavy atom. The van der Waals surface area contributed by atoms with Crippen LogP contribution >= 0.6 is 22.6 Å². The third-order valence-electron chi connectivity index (χ3n) is 6.21. The number of aromatic amines is 1. The molecule has 0 unspecified atom stereocenters. The molecular weight excluding hydrogens is 515 g/mol. The van der Waals surface area contributed by atoms with E-state index < -0.39 is 0 Å². The van der Waals surface area contributed by atoms with Gasteiger partial charge in [0.15, 0.2) is 0 Å². The molecule has 1 aliphatic carbocycles. The predicted molar refractivity (Wildman–Crippen MR) is 130 cm³/mol. The lowest BCUT2D eigenvalue weighted by Gasteiger charge is -2.35. The molecule has 1 aromatic heterocycles. The van der Waals surface area contributed by atoms with Gasteiger partial charge >= 0.3 is 0 Å². The summed E-state index contributed by atoms with van der Waals surface area (Å²) in [6.45, 7) is 2.32. The van der Waals surface area contributed by atoms with E-state index in [2.05, 4.69) is 32.8 Å². The van der Waals surface area contributed by atoms with Gasteiger partial charge in [0.2, 0.25) is 5.91 Å². The van der Waals surface area contributed by atoms with Crippen LogP contribution in [0.1, 0.15) is 34.5 Å². The SMILES string of the molecule is O=C(c1cc(Cc2n[nH]c(=O)c3ccccc23)ccc1[123I])N1CCN(C(=O)C2CC2)CC1. The van der Waals surface area contributed by atoms with E-state index in [9.17, 15) is 14.4 Å². The molecule has 32 heavy (non-hydrogen) atoms. The Hall–Kier alpha value is -2.75. The van der Waals surface area contributed by atoms with Crippen LogP contribution in [0.5, 0.6) is 0 Å². The van der Waals surface area contributed by atoms with Crippen molar-refractivity contribution in [1.82, 2.24) is 20.0 Å². The van der Waals surface area contributed by atoms with Crippen molar-refractivity contribution in [1.29, 1.82) is 0 Å². The quantitative estimate of drug-likeness (QED) is 0.518. The van der Waals surface area contributed by atoms with Crippen molar-refractivity contribution in [3.05, 3.63) is 73.2 Å². The molecule has 0 spiro atoms. The lowest BCUT2D eigenvalue weighted by atomic mass is 10.0. The van der Waals surface area contributed by atoms with Crippen molar-refractivity contribution >= 4 is 45.2 Å². The molecule has 1 aliphatic heterocycles. The van der Waals surface area contributed by atoms with Crippen molar-refractivity contribution in [2.75, 3.05) is 26.2 Å². The minimum absolute atomic E-state index is 0.00550. The van der Waals surface area contributed by atoms with Crippen LogP contribution in [0, 0.1) is 9.49 Å². The number of carbonyl (C=O) groups is 2. The highest BCUT2D eigenvalue weighted by Crippen LogP contribution is 2.31. The number of amides is 2. The Labute approximate surface area is 198 Å². The highest BCUT2D eigenvalue weighted by molar-refractivity contribution is 14.1. The van der Waals surface area contributed by atoms with Gasteiger partial charge in [0.1, 0.15) is 0 Å². The van der Waals surface area contributed by atoms with Crippen molar-refractivity contribution in [2.24, 2.45) is 5.92 Å². The standard InChI is InChI=1S/C24H23IN4O3/c25-20-8-5-15(14-21-17-3-1-2-4-18(17)22(30)27-26-21)13-19(20)24(32)29-11-9-28(10-12-29)23(31)16-6-7-16/h1-5,8,13,16H,6-7,9-12,14H2,(H,27,30)/i25-4. The summed E-state index contributed by atoms with van der Waals surface area (Å²) in [4.78, 5) is 41.3. The van der Waals surface area contributed by atoms with Crippen molar-refractivity contribution in [3.8, 4) is 0 Å². The smallest absolute Gasteiger partial charge is 0.272 e. The van der Waals surface area contributed by atoms with Crippen LogP contribution in [0.25, 0.3) is 10.8 Å². The summed E-state index contributed by atoms with van der Waals surface area (Å²) < 4.78 is 0.895. The van der Waals surface area contributed by atoms with Crippen molar-refractivity contribution in [2.45, 2.75) is 19.3 Å². The molecule has 8 heteroatoms. The molecule has 164 valence electrons. The average molecular weight is 538 g/mol. The molecule has 2 fully saturated rings. The second-order valence-corrected chi connectivity index (χ2v) is 9.59. The molecule has 5 rings (SSSR count). The summed E-state index contributed by atoms with van der Waals surface area (Å²) in [5.41, 5.74) is 2.19. The summed E-state index contributed by atoms with van der Waals surface area (Å²) in [6.07, 6.45) is 2.52. The maximum absolute atomic E-state index is 13.3. The van der Waals surface area contributed by atoms with E-state index >= 15 is 0 Å². The molecule has 2 aliphatic rings. The maximum atomic E-state index is 13.3. The Morgan fingerprint density at radius 2 is 1.69 bits per heavy atom. The number of aromatic nitrogens is 2. The summed E-state index contributed by atoms with van der Waals surface area (Å²) in [5.74, 6) is 0.454. The minimum atomic E-state index is -0.206. The third-order valence-corrected chi connectivity index (χ3v) is 7.15. The Bertz CT molecular complexity index is 1260. The molecule has 2 aromatic carbocycles. The number of halogens is 1. The summed E-state index contributed by atoms with van der Waals surface area (Å²) >= 11 is 2.19. The van der Waals surface area contributed by atoms with Gasteiger partial charge in [-0.2, -0.15) is 5.10 Å². The number of fused-ring (bicyclic) bond motifs is 1. The van der Waals surface area contributed by atoms with E-state index in [0.717, 1.165) is 33.1 Å². The number of piperazine rings is 1. The molecule has 2 amide bonds. The number of benzene rings is 2. The Kier molecular flexibility index (Phi) is 5.71. The molecule has 2 heterocycles. The number of carbonyl (C=O) groups excluding carboxylic acids is 2. The summed E-state index contributed by atoms with van der Waals surface area (Å²) in [5, 5.41) is 8.26. The molecule has 1 N–H and O–H groups in total. The fraction of sp³-hybridized carbons (Fsp3) is 0.333. The van der Waals surface area contributed by atoms with Crippen molar-refractivity contribution < 1.29 is 9.59 Å². The van der Waals surface area contributed by atoms with Crippen LogP contribution in [0.4, 0.5) is 0 Å². The second kappa shape index (κ2) is 8.65. The minimum Gasteiger partial charge on any atom is -0.339 e. The topological polar surface area (TPSA) is 86.4 Å². The van der Waals surface area contributed by atoms with Gasteiger partial charge in [-0.25, -0.2) is 5.10 Å². The van der Waals surface area contributed by atoms with E-state index in [0.29, 0.717) is 43.5 Å². The monoisotopic (exact) mass is 538 g/mol. The zero-order chi connectivity index (χ0) is 22.2. The van der Waals surface area contributed by atoms with Gasteiger partial charge in [0.05, 0.1) is 16.6 Å². The largest absolute Gasteiger partial charge is 0.339 e. The lowest BCUT2D eigenvalue weighted by Crippen LogP contribution is -2.51. The average Bonchev–Trinajstić information content (AvgIpc) is 3.67. The molecule has 3 aromatic rings. The molecular formula is C24H23IN4O3. The number of nitrogens with zero attached hydrogens (tertiary/aromatic N) is 3. The highest BCUT2D eigenvalue weighted by atomic mass is 123. The molecule has 1 saturated heterocycles. The van der Waals surface area contributed by atoms with Crippen LogP contribution in [-0.4, -0.2) is 58.0 Å². The van der Waals surface area contributed by atoms with Crippen LogP contribution < -0.4 is 5.56 Å². The van der Waals surface area contributed by atoms with Crippen LogP contribution in [0.15, 0.2) is 47.3 Å². The van der Waals surface area contributed by atoms with Crippen LogP contribution in [0.3, 0.4) is 0 Å². The number of nitrogens with one attached hydrogen (secondary N) is 1. The predicted octanol–water partition coefficient (Wildman–Crippen LogP) is 2.81. The number of rotatable bonds is 4. The molecule has 0 radical (unpaired) electrons. The zero-order valence-electron chi connectivity index (χ0n) is 17.5. The Balaban J connectivity index is 1.34. The fourth-order valence-corrected chi connectivity index (χ4v) is 4.80. The first-order chi connectivity index (χ1) is 15.5. The molecule has 7 nitrogen and oxygen atoms in total. The van der Waals surface area contributed by atoms with E-state index in [1.807, 2.05) is 46.2 Å². The fourth-order valence-electron chi connectivity index (χ4n) is 4.23. The van der Waals surface area contributed by atoms with E-state index in [-0.39, 0.29) is 23.3 Å².